The van der Waals surface area contributed by atoms with Crippen molar-refractivity contribution in [2.24, 2.45) is 0 Å². The molecule has 1 aromatic rings. The molecule has 2 N–H and O–H groups in total. The van der Waals surface area contributed by atoms with E-state index in [9.17, 15) is 4.79 Å². The molecule has 4 nitrogen and oxygen atoms in total. The summed E-state index contributed by atoms with van der Waals surface area (Å²) >= 11 is 5.77. The van der Waals surface area contributed by atoms with Crippen molar-refractivity contribution in [1.29, 1.82) is 5.26 Å². The molecule has 0 aliphatic carbocycles. The van der Waals surface area contributed by atoms with Crippen molar-refractivity contribution >= 4 is 23.2 Å². The van der Waals surface area contributed by atoms with Gasteiger partial charge < -0.3 is 10.6 Å². The van der Waals surface area contributed by atoms with Crippen LogP contribution in [-0.4, -0.2) is 19.5 Å². The van der Waals surface area contributed by atoms with Crippen LogP contribution < -0.4 is 10.6 Å². The maximum Gasteiger partial charge on any atom is 0.225 e. The minimum atomic E-state index is -0.0967. The molecule has 5 heteroatoms. The predicted molar refractivity (Wildman–Crippen MR) is 63.3 cm³/mol. The third-order valence-corrected chi connectivity index (χ3v) is 2.30. The van der Waals surface area contributed by atoms with Gasteiger partial charge in [0.2, 0.25) is 5.91 Å². The molecule has 1 amide bonds. The average Bonchev–Trinajstić information content (AvgIpc) is 2.29. The summed E-state index contributed by atoms with van der Waals surface area (Å²) in [5, 5.41) is 14.7. The first-order valence-electron chi connectivity index (χ1n) is 4.81. The van der Waals surface area contributed by atoms with E-state index in [2.05, 4.69) is 10.6 Å². The van der Waals surface area contributed by atoms with E-state index < -0.39 is 0 Å². The lowest BCUT2D eigenvalue weighted by Crippen LogP contribution is -2.18. The largest absolute Gasteiger partial charge is 0.326 e. The van der Waals surface area contributed by atoms with Gasteiger partial charge in [-0.3, -0.25) is 4.79 Å². The monoisotopic (exact) mass is 237 g/mol. The Hall–Kier alpha value is -1.57. The van der Waals surface area contributed by atoms with Crippen molar-refractivity contribution in [2.45, 2.75) is 6.42 Å². The second kappa shape index (κ2) is 6.11. The summed E-state index contributed by atoms with van der Waals surface area (Å²) in [6.45, 7) is 0.616. The summed E-state index contributed by atoms with van der Waals surface area (Å²) in [7, 11) is 1.78. The number of hydrogen-bond acceptors (Lipinski definition) is 3. The number of benzene rings is 1. The first kappa shape index (κ1) is 12.5. The van der Waals surface area contributed by atoms with E-state index in [4.69, 9.17) is 16.9 Å². The first-order valence-corrected chi connectivity index (χ1v) is 5.19. The number of halogens is 1. The van der Waals surface area contributed by atoms with Crippen LogP contribution in [0.2, 0.25) is 5.02 Å². The maximum atomic E-state index is 11.4. The topological polar surface area (TPSA) is 64.9 Å². The lowest BCUT2D eigenvalue weighted by Gasteiger charge is -2.05. The highest BCUT2D eigenvalue weighted by atomic mass is 35.5. The molecule has 1 aromatic carbocycles. The Labute approximate surface area is 99.2 Å². The molecule has 0 unspecified atom stereocenters. The normalized spacial score (nSPS) is 9.56. The SMILES string of the molecule is CNCCC(=O)Nc1ccc(Cl)c(C#N)c1. The molecule has 0 fully saturated rings. The second-order valence-corrected chi connectivity index (χ2v) is 3.62. The van der Waals surface area contributed by atoms with E-state index in [1.54, 1.807) is 25.2 Å². The number of carbonyl (C=O) groups excluding carboxylic acids is 1. The number of rotatable bonds is 4. The van der Waals surface area contributed by atoms with Crippen LogP contribution in [0.4, 0.5) is 5.69 Å². The van der Waals surface area contributed by atoms with Crippen LogP contribution in [0.15, 0.2) is 18.2 Å². The fourth-order valence-electron chi connectivity index (χ4n) is 1.15. The standard InChI is InChI=1S/C11H12ClN3O/c1-14-5-4-11(16)15-9-2-3-10(12)8(6-9)7-13/h2-3,6,14H,4-5H2,1H3,(H,15,16). The molecule has 0 spiro atoms. The van der Waals surface area contributed by atoms with Crippen molar-refractivity contribution in [3.63, 3.8) is 0 Å². The van der Waals surface area contributed by atoms with Crippen LogP contribution >= 0.6 is 11.6 Å². The summed E-state index contributed by atoms with van der Waals surface area (Å²) in [5.74, 6) is -0.0967. The van der Waals surface area contributed by atoms with E-state index in [0.717, 1.165) is 0 Å². The van der Waals surface area contributed by atoms with Crippen LogP contribution in [0.3, 0.4) is 0 Å². The molecule has 0 saturated heterocycles. The van der Waals surface area contributed by atoms with Crippen molar-refractivity contribution < 1.29 is 4.79 Å². The molecule has 0 atom stereocenters. The number of nitrogens with one attached hydrogen (secondary N) is 2. The summed E-state index contributed by atoms with van der Waals surface area (Å²) < 4.78 is 0. The van der Waals surface area contributed by atoms with Crippen LogP contribution in [0.25, 0.3) is 0 Å². The molecule has 0 bridgehead atoms. The molecule has 16 heavy (non-hydrogen) atoms. The molecule has 0 aliphatic rings. The van der Waals surface area contributed by atoms with Gasteiger partial charge in [-0.2, -0.15) is 5.26 Å². The van der Waals surface area contributed by atoms with Gasteiger partial charge in [0.25, 0.3) is 0 Å². The summed E-state index contributed by atoms with van der Waals surface area (Å²) in [6, 6.07) is 6.77. The highest BCUT2D eigenvalue weighted by molar-refractivity contribution is 6.31. The smallest absolute Gasteiger partial charge is 0.225 e. The molecule has 1 rings (SSSR count). The lowest BCUT2D eigenvalue weighted by molar-refractivity contribution is -0.116. The van der Waals surface area contributed by atoms with Gasteiger partial charge in [-0.15, -0.1) is 0 Å². The number of nitrogens with zero attached hydrogens (tertiary/aromatic N) is 1. The maximum absolute atomic E-state index is 11.4. The number of anilines is 1. The van der Waals surface area contributed by atoms with Crippen molar-refractivity contribution in [3.05, 3.63) is 28.8 Å². The van der Waals surface area contributed by atoms with Gasteiger partial charge >= 0.3 is 0 Å². The average molecular weight is 238 g/mol. The number of carbonyl (C=O) groups is 1. The Kier molecular flexibility index (Phi) is 4.77. The Morgan fingerprint density at radius 3 is 2.94 bits per heavy atom. The van der Waals surface area contributed by atoms with E-state index in [1.165, 1.54) is 0 Å². The van der Waals surface area contributed by atoms with Gasteiger partial charge in [0.05, 0.1) is 10.6 Å². The number of nitriles is 1. The minimum Gasteiger partial charge on any atom is -0.326 e. The molecular weight excluding hydrogens is 226 g/mol. The number of amides is 1. The Morgan fingerprint density at radius 1 is 1.56 bits per heavy atom. The molecule has 0 heterocycles. The third kappa shape index (κ3) is 3.54. The zero-order valence-corrected chi connectivity index (χ0v) is 9.64. The van der Waals surface area contributed by atoms with Crippen LogP contribution in [0.5, 0.6) is 0 Å². The van der Waals surface area contributed by atoms with Gasteiger partial charge in [0, 0.05) is 18.7 Å². The second-order valence-electron chi connectivity index (χ2n) is 3.21. The van der Waals surface area contributed by atoms with Crippen molar-refractivity contribution in [1.82, 2.24) is 5.32 Å². The number of hydrogen-bond donors (Lipinski definition) is 2. The quantitative estimate of drug-likeness (QED) is 0.839. The van der Waals surface area contributed by atoms with E-state index >= 15 is 0 Å². The summed E-state index contributed by atoms with van der Waals surface area (Å²) in [4.78, 5) is 11.4. The fraction of sp³-hybridized carbons (Fsp3) is 0.273. The highest BCUT2D eigenvalue weighted by Crippen LogP contribution is 2.19. The van der Waals surface area contributed by atoms with Crippen LogP contribution in [0.1, 0.15) is 12.0 Å². The molecule has 84 valence electrons. The molecule has 0 radical (unpaired) electrons. The van der Waals surface area contributed by atoms with Crippen LogP contribution in [0, 0.1) is 11.3 Å². The molecule has 0 aliphatic heterocycles. The van der Waals surface area contributed by atoms with Gasteiger partial charge in [-0.25, -0.2) is 0 Å². The molecule has 0 aromatic heterocycles. The van der Waals surface area contributed by atoms with Crippen LogP contribution in [-0.2, 0) is 4.79 Å². The van der Waals surface area contributed by atoms with Gasteiger partial charge in [0.1, 0.15) is 6.07 Å². The zero-order chi connectivity index (χ0) is 12.0. The Balaban J connectivity index is 2.68. The predicted octanol–water partition coefficient (Wildman–Crippen LogP) is 1.76. The van der Waals surface area contributed by atoms with E-state index in [-0.39, 0.29) is 5.91 Å². The van der Waals surface area contributed by atoms with E-state index in [0.29, 0.717) is 29.2 Å². The third-order valence-electron chi connectivity index (χ3n) is 1.97. The van der Waals surface area contributed by atoms with Crippen molar-refractivity contribution in [3.8, 4) is 6.07 Å². The first-order chi connectivity index (χ1) is 7.67. The molecular formula is C11H12ClN3O. The van der Waals surface area contributed by atoms with Crippen molar-refractivity contribution in [2.75, 3.05) is 18.9 Å². The summed E-state index contributed by atoms with van der Waals surface area (Å²) in [6.07, 6.45) is 0.390. The van der Waals surface area contributed by atoms with E-state index in [1.807, 2.05) is 6.07 Å². The summed E-state index contributed by atoms with van der Waals surface area (Å²) in [5.41, 5.74) is 0.940. The van der Waals surface area contributed by atoms with Gasteiger partial charge in [-0.1, -0.05) is 11.6 Å². The lowest BCUT2D eigenvalue weighted by atomic mass is 10.2. The minimum absolute atomic E-state index is 0.0967. The Morgan fingerprint density at radius 2 is 2.31 bits per heavy atom. The van der Waals surface area contributed by atoms with Gasteiger partial charge in [-0.05, 0) is 25.2 Å². The Bertz CT molecular complexity index is 426. The fourth-order valence-corrected chi connectivity index (χ4v) is 1.31. The zero-order valence-electron chi connectivity index (χ0n) is 8.88. The highest BCUT2D eigenvalue weighted by Gasteiger charge is 2.04. The van der Waals surface area contributed by atoms with Gasteiger partial charge in [0.15, 0.2) is 0 Å². The molecule has 0 saturated carbocycles.